The smallest absolute Gasteiger partial charge is 0.416 e. The van der Waals surface area contributed by atoms with E-state index >= 15 is 0 Å². The number of hydrogen-bond acceptors (Lipinski definition) is 5. The molecule has 7 nitrogen and oxygen atoms in total. The van der Waals surface area contributed by atoms with E-state index in [1.54, 1.807) is 48.5 Å². The van der Waals surface area contributed by atoms with Gasteiger partial charge in [-0.25, -0.2) is 0 Å². The number of esters is 1. The summed E-state index contributed by atoms with van der Waals surface area (Å²) in [6.07, 6.45) is -6.16. The van der Waals surface area contributed by atoms with E-state index in [9.17, 15) is 27.6 Å². The minimum absolute atomic E-state index is 0.119. The summed E-state index contributed by atoms with van der Waals surface area (Å²) in [6, 6.07) is 18.8. The van der Waals surface area contributed by atoms with Gasteiger partial charge < -0.3 is 20.1 Å². The number of ether oxygens (including phenoxy) is 2. The highest BCUT2D eigenvalue weighted by Crippen LogP contribution is 2.34. The van der Waals surface area contributed by atoms with E-state index in [1.807, 2.05) is 0 Å². The Kier molecular flexibility index (Phi) is 8.08. The third-order valence-corrected chi connectivity index (χ3v) is 4.76. The van der Waals surface area contributed by atoms with Crippen molar-refractivity contribution in [1.29, 1.82) is 0 Å². The second-order valence-corrected chi connectivity index (χ2v) is 7.27. The number of nitrogens with one attached hydrogen (secondary N) is 2. The van der Waals surface area contributed by atoms with Gasteiger partial charge in [-0.15, -0.1) is 0 Å². The Balaban J connectivity index is 1.76. The molecule has 1 atom stereocenters. The maximum Gasteiger partial charge on any atom is 0.416 e. The van der Waals surface area contributed by atoms with Gasteiger partial charge in [-0.2, -0.15) is 13.2 Å². The van der Waals surface area contributed by atoms with Crippen molar-refractivity contribution in [3.8, 4) is 5.75 Å². The second kappa shape index (κ2) is 11.2. The van der Waals surface area contributed by atoms with Gasteiger partial charge in [-0.3, -0.25) is 14.4 Å². The summed E-state index contributed by atoms with van der Waals surface area (Å²) in [5.74, 6) is -2.44. The number of rotatable bonds is 8. The van der Waals surface area contributed by atoms with Crippen LogP contribution in [0.25, 0.3) is 0 Å². The van der Waals surface area contributed by atoms with Gasteiger partial charge in [0.15, 0.2) is 0 Å². The molecule has 3 aromatic rings. The molecular weight excluding hydrogens is 465 g/mol. The maximum absolute atomic E-state index is 13.2. The van der Waals surface area contributed by atoms with E-state index in [0.717, 1.165) is 12.1 Å². The van der Waals surface area contributed by atoms with Crippen molar-refractivity contribution in [1.82, 2.24) is 5.32 Å². The van der Waals surface area contributed by atoms with Crippen LogP contribution in [0.1, 0.15) is 27.6 Å². The molecular formula is C25H21F3N2O5. The first-order chi connectivity index (χ1) is 16.7. The fourth-order valence-electron chi connectivity index (χ4n) is 3.08. The number of alkyl halides is 3. The van der Waals surface area contributed by atoms with Crippen LogP contribution in [-0.2, 0) is 20.5 Å². The number of amides is 2. The van der Waals surface area contributed by atoms with Gasteiger partial charge in [0.1, 0.15) is 12.3 Å². The molecule has 3 rings (SSSR count). The van der Waals surface area contributed by atoms with Crippen molar-refractivity contribution in [2.45, 2.75) is 12.3 Å². The van der Waals surface area contributed by atoms with Gasteiger partial charge in [0.2, 0.25) is 6.10 Å². The van der Waals surface area contributed by atoms with Crippen LogP contribution in [0, 0.1) is 0 Å². The summed E-state index contributed by atoms with van der Waals surface area (Å²) in [5.41, 5.74) is -0.608. The molecule has 2 amide bonds. The topological polar surface area (TPSA) is 93.7 Å². The molecule has 0 spiro atoms. The highest BCUT2D eigenvalue weighted by Gasteiger charge is 2.32. The Hall–Kier alpha value is -4.34. The number of halogens is 3. The van der Waals surface area contributed by atoms with E-state index in [-0.39, 0.29) is 17.0 Å². The summed E-state index contributed by atoms with van der Waals surface area (Å²) in [4.78, 5) is 37.5. The summed E-state index contributed by atoms with van der Waals surface area (Å²) in [5, 5.41) is 4.74. The van der Waals surface area contributed by atoms with Crippen molar-refractivity contribution in [2.24, 2.45) is 0 Å². The van der Waals surface area contributed by atoms with Crippen molar-refractivity contribution >= 4 is 23.5 Å². The second-order valence-electron chi connectivity index (χ2n) is 7.27. The number of carbonyl (C=O) groups is 3. The molecule has 0 heterocycles. The zero-order valence-corrected chi connectivity index (χ0v) is 18.5. The van der Waals surface area contributed by atoms with Crippen molar-refractivity contribution in [3.05, 3.63) is 95.6 Å². The van der Waals surface area contributed by atoms with Crippen LogP contribution in [-0.4, -0.2) is 31.4 Å². The van der Waals surface area contributed by atoms with Crippen LogP contribution in [0.3, 0.4) is 0 Å². The van der Waals surface area contributed by atoms with Gasteiger partial charge in [-0.05, 0) is 24.3 Å². The van der Waals surface area contributed by atoms with Crippen LogP contribution in [0.4, 0.5) is 18.9 Å². The van der Waals surface area contributed by atoms with E-state index < -0.39 is 42.2 Å². The minimum Gasteiger partial charge on any atom is -0.497 e. The van der Waals surface area contributed by atoms with Gasteiger partial charge in [-0.1, -0.05) is 48.5 Å². The van der Waals surface area contributed by atoms with Gasteiger partial charge in [0.25, 0.3) is 11.8 Å². The summed E-state index contributed by atoms with van der Waals surface area (Å²) < 4.78 is 49.8. The third kappa shape index (κ3) is 7.07. The van der Waals surface area contributed by atoms with Crippen molar-refractivity contribution in [3.63, 3.8) is 0 Å². The highest BCUT2D eigenvalue weighted by molar-refractivity contribution is 5.98. The van der Waals surface area contributed by atoms with Gasteiger partial charge in [0, 0.05) is 22.9 Å². The lowest BCUT2D eigenvalue weighted by Crippen LogP contribution is -2.33. The summed E-state index contributed by atoms with van der Waals surface area (Å²) >= 11 is 0. The average molecular weight is 486 g/mol. The zero-order valence-electron chi connectivity index (χ0n) is 18.5. The number of carbonyl (C=O) groups excluding carboxylic acids is 3. The lowest BCUT2D eigenvalue weighted by atomic mass is 10.1. The molecule has 3 aromatic carbocycles. The van der Waals surface area contributed by atoms with Crippen LogP contribution in [0.5, 0.6) is 5.75 Å². The van der Waals surface area contributed by atoms with Crippen LogP contribution < -0.4 is 15.4 Å². The monoisotopic (exact) mass is 486 g/mol. The molecule has 10 heteroatoms. The Morgan fingerprint density at radius 3 is 2.14 bits per heavy atom. The molecule has 35 heavy (non-hydrogen) atoms. The lowest BCUT2D eigenvalue weighted by molar-refractivity contribution is -0.153. The zero-order chi connectivity index (χ0) is 25.4. The van der Waals surface area contributed by atoms with Crippen molar-refractivity contribution < 1.29 is 37.0 Å². The average Bonchev–Trinajstić information content (AvgIpc) is 2.86. The Bertz CT molecular complexity index is 1180. The molecule has 0 aliphatic carbocycles. The Morgan fingerprint density at radius 2 is 1.54 bits per heavy atom. The van der Waals surface area contributed by atoms with E-state index in [0.29, 0.717) is 5.56 Å². The molecule has 0 saturated carbocycles. The molecule has 0 aliphatic rings. The molecule has 2 N–H and O–H groups in total. The highest BCUT2D eigenvalue weighted by atomic mass is 19.4. The fourth-order valence-corrected chi connectivity index (χ4v) is 3.08. The number of anilines is 1. The minimum atomic E-state index is -4.67. The summed E-state index contributed by atoms with van der Waals surface area (Å²) in [7, 11) is 1.19. The summed E-state index contributed by atoms with van der Waals surface area (Å²) in [6.45, 7) is -0.526. The lowest BCUT2D eigenvalue weighted by Gasteiger charge is -2.19. The number of methoxy groups -OCH3 is 1. The quantitative estimate of drug-likeness (QED) is 0.462. The third-order valence-electron chi connectivity index (χ3n) is 4.76. The largest absolute Gasteiger partial charge is 0.497 e. The van der Waals surface area contributed by atoms with Crippen molar-refractivity contribution in [2.75, 3.05) is 19.0 Å². The first-order valence-electron chi connectivity index (χ1n) is 10.3. The van der Waals surface area contributed by atoms with E-state index in [2.05, 4.69) is 10.6 Å². The van der Waals surface area contributed by atoms with E-state index in [1.165, 1.54) is 25.3 Å². The SMILES string of the molecule is COc1cc(NC(=O)C(OC(=O)CNC(=O)c2ccccc2)c2ccccc2)cc(C(F)(F)F)c1. The number of hydrogen-bond donors (Lipinski definition) is 2. The van der Waals surface area contributed by atoms with Crippen LogP contribution in [0.15, 0.2) is 78.9 Å². The first kappa shape index (κ1) is 25.3. The molecule has 182 valence electrons. The Morgan fingerprint density at radius 1 is 0.914 bits per heavy atom. The van der Waals surface area contributed by atoms with Gasteiger partial charge in [0.05, 0.1) is 12.7 Å². The standard InChI is InChI=1S/C25H21F3N2O5/c1-34-20-13-18(25(26,27)28)12-19(14-20)30-24(33)22(16-8-4-2-5-9-16)35-21(31)15-29-23(32)17-10-6-3-7-11-17/h2-14,22H,15H2,1H3,(H,29,32)(H,30,33). The first-order valence-corrected chi connectivity index (χ1v) is 10.3. The van der Waals surface area contributed by atoms with Crippen LogP contribution >= 0.6 is 0 Å². The van der Waals surface area contributed by atoms with Crippen LogP contribution in [0.2, 0.25) is 0 Å². The molecule has 0 radical (unpaired) electrons. The molecule has 0 aromatic heterocycles. The predicted molar refractivity (Wildman–Crippen MR) is 121 cm³/mol. The molecule has 0 aliphatic heterocycles. The van der Waals surface area contributed by atoms with Gasteiger partial charge >= 0.3 is 12.1 Å². The Labute approximate surface area is 198 Å². The molecule has 0 saturated heterocycles. The molecule has 1 unspecified atom stereocenters. The predicted octanol–water partition coefficient (Wildman–Crippen LogP) is 4.37. The molecule has 0 bridgehead atoms. The maximum atomic E-state index is 13.2. The van der Waals surface area contributed by atoms with E-state index in [4.69, 9.17) is 9.47 Å². The number of benzene rings is 3. The normalized spacial score (nSPS) is 11.8. The molecule has 0 fully saturated rings. The fraction of sp³-hybridized carbons (Fsp3) is 0.160.